The molecule has 0 atom stereocenters. The van der Waals surface area contributed by atoms with Gasteiger partial charge in [-0.1, -0.05) is 140 Å². The molecule has 0 spiro atoms. The molecule has 298 valence electrons. The number of para-hydroxylation sites is 7. The number of hydrogen-bond acceptors (Lipinski definition) is 3. The van der Waals surface area contributed by atoms with Crippen molar-refractivity contribution in [2.24, 2.45) is 0 Å². The highest BCUT2D eigenvalue weighted by atomic mass is 15.3. The van der Waals surface area contributed by atoms with E-state index in [-0.39, 0.29) is 0 Å². The summed E-state index contributed by atoms with van der Waals surface area (Å²) in [6, 6.07) is 75.5. The Morgan fingerprint density at radius 2 is 0.562 bits per heavy atom. The number of nitrogens with zero attached hydrogens (tertiary/aromatic N) is 7. The molecule has 0 saturated carbocycles. The maximum atomic E-state index is 5.37. The van der Waals surface area contributed by atoms with E-state index in [0.717, 1.165) is 71.6 Å². The zero-order valence-corrected chi connectivity index (χ0v) is 34.3. The molecule has 0 radical (unpaired) electrons. The molecule has 0 N–H and O–H groups in total. The van der Waals surface area contributed by atoms with Crippen molar-refractivity contribution in [3.05, 3.63) is 212 Å². The van der Waals surface area contributed by atoms with Gasteiger partial charge in [0.25, 0.3) is 0 Å². The van der Waals surface area contributed by atoms with Gasteiger partial charge in [-0.15, -0.1) is 0 Å². The lowest BCUT2D eigenvalue weighted by Crippen LogP contribution is -2.10. The minimum absolute atomic E-state index is 0.555. The summed E-state index contributed by atoms with van der Waals surface area (Å²) >= 11 is 0. The van der Waals surface area contributed by atoms with Crippen molar-refractivity contribution in [3.8, 4) is 34.7 Å². The van der Waals surface area contributed by atoms with Crippen LogP contribution in [-0.2, 0) is 0 Å². The monoisotopic (exact) mass is 817 g/mol. The van der Waals surface area contributed by atoms with E-state index in [1.54, 1.807) is 0 Å². The Kier molecular flexibility index (Phi) is 7.27. The van der Waals surface area contributed by atoms with Crippen LogP contribution in [0.1, 0.15) is 0 Å². The van der Waals surface area contributed by atoms with Gasteiger partial charge >= 0.3 is 0 Å². The van der Waals surface area contributed by atoms with Gasteiger partial charge in [0.1, 0.15) is 0 Å². The van der Waals surface area contributed by atoms with Crippen LogP contribution in [-0.4, -0.2) is 33.2 Å². The molecule has 5 heterocycles. The lowest BCUT2D eigenvalue weighted by molar-refractivity contribution is 0.892. The molecule has 0 bridgehead atoms. The molecule has 0 aliphatic carbocycles. The van der Waals surface area contributed by atoms with E-state index in [1.807, 2.05) is 0 Å². The van der Waals surface area contributed by atoms with Gasteiger partial charge in [0.05, 0.1) is 44.1 Å². The average Bonchev–Trinajstić information content (AvgIpc) is 4.09. The van der Waals surface area contributed by atoms with Gasteiger partial charge in [-0.3, -0.25) is 9.13 Å². The van der Waals surface area contributed by atoms with Crippen LogP contribution in [0.15, 0.2) is 212 Å². The molecule has 0 aliphatic heterocycles. The molecule has 64 heavy (non-hydrogen) atoms. The molecular weight excluding hydrogens is 783 g/mol. The number of aromatic nitrogens is 7. The van der Waals surface area contributed by atoms with Gasteiger partial charge in [0.15, 0.2) is 5.82 Å². The zero-order valence-electron chi connectivity index (χ0n) is 34.3. The number of rotatable bonds is 5. The Morgan fingerprint density at radius 1 is 0.234 bits per heavy atom. The summed E-state index contributed by atoms with van der Waals surface area (Å²) in [6.45, 7) is 0. The predicted molar refractivity (Wildman–Crippen MR) is 263 cm³/mol. The second kappa shape index (κ2) is 13.3. The Balaban J connectivity index is 1.000. The first-order chi connectivity index (χ1) is 31.8. The third kappa shape index (κ3) is 4.94. The Labute approximate surface area is 366 Å². The van der Waals surface area contributed by atoms with Crippen molar-refractivity contribution in [1.29, 1.82) is 0 Å². The summed E-state index contributed by atoms with van der Waals surface area (Å²) in [6.07, 6.45) is 0. The second-order valence-corrected chi connectivity index (χ2v) is 16.5. The van der Waals surface area contributed by atoms with Gasteiger partial charge in [-0.2, -0.15) is 15.0 Å². The SMILES string of the molecule is c1cc(-c2nc(-n3c4ccccc4c4ccccc43)nc(-n3c4ccccc4c4ccccc43)n2)cc(-n2c3ccccc3c3cc(-n4c5ccccc5c5ccccc54)ccc32)c1. The van der Waals surface area contributed by atoms with Gasteiger partial charge in [0, 0.05) is 60.0 Å². The minimum Gasteiger partial charge on any atom is -0.309 e. The first-order valence-corrected chi connectivity index (χ1v) is 21.6. The van der Waals surface area contributed by atoms with Crippen LogP contribution in [0.5, 0.6) is 0 Å². The van der Waals surface area contributed by atoms with Crippen molar-refractivity contribution in [2.45, 2.75) is 0 Å². The summed E-state index contributed by atoms with van der Waals surface area (Å²) in [7, 11) is 0. The van der Waals surface area contributed by atoms with E-state index in [9.17, 15) is 0 Å². The number of fused-ring (bicyclic) bond motifs is 12. The van der Waals surface area contributed by atoms with Crippen LogP contribution in [0.2, 0.25) is 0 Å². The molecule has 0 saturated heterocycles. The Hall–Kier alpha value is -8.81. The zero-order chi connectivity index (χ0) is 41.9. The summed E-state index contributed by atoms with van der Waals surface area (Å²) < 4.78 is 9.12. The molecule has 14 aromatic rings. The predicted octanol–water partition coefficient (Wildman–Crippen LogP) is 13.9. The Morgan fingerprint density at radius 3 is 0.969 bits per heavy atom. The second-order valence-electron chi connectivity index (χ2n) is 16.5. The molecule has 0 fully saturated rings. The van der Waals surface area contributed by atoms with Crippen LogP contribution in [0.3, 0.4) is 0 Å². The highest BCUT2D eigenvalue weighted by molar-refractivity contribution is 6.13. The van der Waals surface area contributed by atoms with E-state index < -0.39 is 0 Å². The van der Waals surface area contributed by atoms with Crippen LogP contribution < -0.4 is 0 Å². The fourth-order valence-corrected chi connectivity index (χ4v) is 10.3. The molecule has 7 heteroatoms. The topological polar surface area (TPSA) is 58.4 Å². The molecule has 7 nitrogen and oxygen atoms in total. The van der Waals surface area contributed by atoms with Crippen LogP contribution in [0, 0.1) is 0 Å². The van der Waals surface area contributed by atoms with Crippen LogP contribution in [0.4, 0.5) is 0 Å². The molecule has 0 amide bonds. The Bertz CT molecular complexity index is 3930. The van der Waals surface area contributed by atoms with E-state index in [4.69, 9.17) is 15.0 Å². The van der Waals surface area contributed by atoms with E-state index in [1.165, 1.54) is 32.6 Å². The normalized spacial score (nSPS) is 12.1. The van der Waals surface area contributed by atoms with Crippen molar-refractivity contribution >= 4 is 87.2 Å². The van der Waals surface area contributed by atoms with Crippen molar-refractivity contribution in [2.75, 3.05) is 0 Å². The highest BCUT2D eigenvalue weighted by Crippen LogP contribution is 2.39. The van der Waals surface area contributed by atoms with E-state index >= 15 is 0 Å². The molecule has 5 aromatic heterocycles. The fraction of sp³-hybridized carbons (Fsp3) is 0. The molecule has 0 aliphatic rings. The lowest BCUT2D eigenvalue weighted by Gasteiger charge is -2.14. The number of hydrogen-bond donors (Lipinski definition) is 0. The van der Waals surface area contributed by atoms with Gasteiger partial charge in [-0.25, -0.2) is 0 Å². The summed E-state index contributed by atoms with van der Waals surface area (Å²) in [5.41, 5.74) is 11.8. The average molecular weight is 818 g/mol. The van der Waals surface area contributed by atoms with E-state index in [2.05, 4.69) is 231 Å². The standard InChI is InChI=1S/C57H35N7/c1-8-25-47-39(18-1)40-19-2-9-26-48(40)62(47)38-32-33-54-46(35-38)45-24-7-10-27-49(45)61(54)37-17-15-16-36(34-37)55-58-56(63-50-28-11-3-20-41(50)42-21-4-12-29-51(42)63)60-57(59-55)64-52-30-13-5-22-43(52)44-23-6-14-31-53(44)64/h1-35H. The van der Waals surface area contributed by atoms with Gasteiger partial charge < -0.3 is 9.13 Å². The van der Waals surface area contributed by atoms with Crippen molar-refractivity contribution in [1.82, 2.24) is 33.2 Å². The van der Waals surface area contributed by atoms with Gasteiger partial charge in [-0.05, 0) is 72.8 Å². The maximum Gasteiger partial charge on any atom is 0.240 e. The maximum absolute atomic E-state index is 5.37. The van der Waals surface area contributed by atoms with Gasteiger partial charge in [0.2, 0.25) is 11.9 Å². The van der Waals surface area contributed by atoms with Crippen molar-refractivity contribution in [3.63, 3.8) is 0 Å². The smallest absolute Gasteiger partial charge is 0.240 e. The lowest BCUT2D eigenvalue weighted by atomic mass is 10.1. The first kappa shape index (κ1) is 34.9. The van der Waals surface area contributed by atoms with Crippen molar-refractivity contribution < 1.29 is 0 Å². The third-order valence-corrected chi connectivity index (χ3v) is 13.0. The van der Waals surface area contributed by atoms with E-state index in [0.29, 0.717) is 17.7 Å². The molecule has 0 unspecified atom stereocenters. The molecular formula is C57H35N7. The molecule has 14 rings (SSSR count). The third-order valence-electron chi connectivity index (χ3n) is 13.0. The molecule has 9 aromatic carbocycles. The largest absolute Gasteiger partial charge is 0.309 e. The minimum atomic E-state index is 0.555. The first-order valence-electron chi connectivity index (χ1n) is 21.6. The summed E-state index contributed by atoms with van der Waals surface area (Å²) in [5, 5.41) is 9.45. The fourth-order valence-electron chi connectivity index (χ4n) is 10.3. The summed E-state index contributed by atoms with van der Waals surface area (Å²) in [4.78, 5) is 16.1. The quantitative estimate of drug-likeness (QED) is 0.174. The highest BCUT2D eigenvalue weighted by Gasteiger charge is 2.22. The number of benzene rings is 9. The summed E-state index contributed by atoms with van der Waals surface area (Å²) in [5.74, 6) is 1.69. The van der Waals surface area contributed by atoms with Crippen LogP contribution >= 0.6 is 0 Å². The van der Waals surface area contributed by atoms with Crippen LogP contribution in [0.25, 0.3) is 122 Å².